The van der Waals surface area contributed by atoms with Crippen LogP contribution in [0.1, 0.15) is 129 Å². The van der Waals surface area contributed by atoms with Gasteiger partial charge in [-0.1, -0.05) is 66.2 Å². The number of hydrogen-bond acceptors (Lipinski definition) is 8. The van der Waals surface area contributed by atoms with Crippen molar-refractivity contribution >= 4 is 35.3 Å². The van der Waals surface area contributed by atoms with Crippen molar-refractivity contribution in [2.45, 2.75) is 148 Å². The SMILES string of the molecule is CCC12CC[C@H]3CN(C(=O)[C@@H](NC(=O)C(NC(=O)c4cnccn4)C4CCCCC4)C(C)(C)C)C(C(=O)NC1C(=O)C(=O)NC(C)C1CCCCC1)[C@H]32. The summed E-state index contributed by atoms with van der Waals surface area (Å²) in [5.74, 6) is -3.10. The van der Waals surface area contributed by atoms with E-state index in [1.807, 2.05) is 34.6 Å². The van der Waals surface area contributed by atoms with Gasteiger partial charge >= 0.3 is 0 Å². The van der Waals surface area contributed by atoms with Crippen molar-refractivity contribution in [1.82, 2.24) is 36.1 Å². The van der Waals surface area contributed by atoms with Gasteiger partial charge in [0.25, 0.3) is 11.8 Å². The van der Waals surface area contributed by atoms with Gasteiger partial charge in [0.1, 0.15) is 29.9 Å². The fourth-order valence-electron chi connectivity index (χ4n) is 10.5. The van der Waals surface area contributed by atoms with Crippen LogP contribution in [0, 0.1) is 34.5 Å². The average molecular weight is 734 g/mol. The molecule has 0 bridgehead atoms. The molecule has 0 aromatic carbocycles. The summed E-state index contributed by atoms with van der Waals surface area (Å²) in [7, 11) is 0. The zero-order valence-electron chi connectivity index (χ0n) is 32.1. The third kappa shape index (κ3) is 7.72. The lowest BCUT2D eigenvalue weighted by Gasteiger charge is -2.48. The van der Waals surface area contributed by atoms with Gasteiger partial charge in [-0.15, -0.1) is 0 Å². The second kappa shape index (κ2) is 15.8. The van der Waals surface area contributed by atoms with Gasteiger partial charge in [0.15, 0.2) is 0 Å². The van der Waals surface area contributed by atoms with Crippen molar-refractivity contribution in [2.75, 3.05) is 6.54 Å². The molecule has 290 valence electrons. The number of ketones is 1. The van der Waals surface area contributed by atoms with Crippen molar-refractivity contribution in [3.05, 3.63) is 24.3 Å². The quantitative estimate of drug-likeness (QED) is 0.250. The van der Waals surface area contributed by atoms with E-state index < -0.39 is 64.4 Å². The molecule has 6 rings (SSSR count). The molecule has 8 atom stereocenters. The number of nitrogens with one attached hydrogen (secondary N) is 4. The van der Waals surface area contributed by atoms with Crippen LogP contribution in [0.3, 0.4) is 0 Å². The maximum atomic E-state index is 14.7. The Balaban J connectivity index is 1.21. The highest BCUT2D eigenvalue weighted by Crippen LogP contribution is 2.59. The van der Waals surface area contributed by atoms with Crippen molar-refractivity contribution in [2.24, 2.45) is 34.5 Å². The number of Topliss-reactive ketones (excluding diaryl/α,β-unsaturated/α-hetero) is 1. The van der Waals surface area contributed by atoms with Crippen LogP contribution in [-0.4, -0.2) is 86.9 Å². The Morgan fingerprint density at radius 3 is 2.19 bits per heavy atom. The van der Waals surface area contributed by atoms with E-state index in [2.05, 4.69) is 31.2 Å². The first-order valence-electron chi connectivity index (χ1n) is 20.1. The molecule has 5 aliphatic rings. The first-order valence-corrected chi connectivity index (χ1v) is 20.1. The Labute approximate surface area is 313 Å². The molecule has 3 aliphatic carbocycles. The van der Waals surface area contributed by atoms with Gasteiger partial charge in [-0.25, -0.2) is 4.98 Å². The van der Waals surface area contributed by atoms with E-state index in [9.17, 15) is 28.8 Å². The Morgan fingerprint density at radius 1 is 0.925 bits per heavy atom. The topological polar surface area (TPSA) is 180 Å². The summed E-state index contributed by atoms with van der Waals surface area (Å²) < 4.78 is 0. The monoisotopic (exact) mass is 733 g/mol. The normalized spacial score (nSPS) is 29.3. The molecule has 3 saturated carbocycles. The fourth-order valence-corrected chi connectivity index (χ4v) is 10.5. The number of nitrogens with zero attached hydrogens (tertiary/aromatic N) is 3. The summed E-state index contributed by atoms with van der Waals surface area (Å²) in [4.78, 5) is 93.4. The van der Waals surface area contributed by atoms with Crippen LogP contribution in [0.5, 0.6) is 0 Å². The largest absolute Gasteiger partial charge is 0.347 e. The van der Waals surface area contributed by atoms with Gasteiger partial charge < -0.3 is 26.2 Å². The lowest BCUT2D eigenvalue weighted by Crippen LogP contribution is -2.69. The van der Waals surface area contributed by atoms with Gasteiger partial charge in [0.2, 0.25) is 23.5 Å². The van der Waals surface area contributed by atoms with Crippen LogP contribution < -0.4 is 21.3 Å². The molecule has 0 radical (unpaired) electrons. The summed E-state index contributed by atoms with van der Waals surface area (Å²) >= 11 is 0. The predicted octanol–water partition coefficient (Wildman–Crippen LogP) is 3.47. The number of amides is 5. The van der Waals surface area contributed by atoms with Crippen LogP contribution in [0.2, 0.25) is 0 Å². The molecular weight excluding hydrogens is 674 g/mol. The molecule has 2 aliphatic heterocycles. The molecule has 3 heterocycles. The molecule has 5 unspecified atom stereocenters. The van der Waals surface area contributed by atoms with E-state index >= 15 is 0 Å². The van der Waals surface area contributed by atoms with E-state index in [4.69, 9.17) is 0 Å². The number of likely N-dealkylation sites (tertiary alicyclic amines) is 1. The number of carbonyl (C=O) groups excluding carboxylic acids is 6. The zero-order chi connectivity index (χ0) is 38.1. The third-order valence-corrected chi connectivity index (χ3v) is 13.4. The average Bonchev–Trinajstić information content (AvgIpc) is 3.74. The highest BCUT2D eigenvalue weighted by molar-refractivity contribution is 6.39. The van der Waals surface area contributed by atoms with E-state index in [-0.39, 0.29) is 35.4 Å². The molecule has 53 heavy (non-hydrogen) atoms. The molecule has 4 N–H and O–H groups in total. The van der Waals surface area contributed by atoms with Crippen molar-refractivity contribution in [1.29, 1.82) is 0 Å². The van der Waals surface area contributed by atoms with E-state index in [0.717, 1.165) is 64.2 Å². The van der Waals surface area contributed by atoms with Gasteiger partial charge in [-0.2, -0.15) is 0 Å². The fraction of sp³-hybridized carbons (Fsp3) is 0.750. The van der Waals surface area contributed by atoms with Crippen LogP contribution in [0.4, 0.5) is 0 Å². The van der Waals surface area contributed by atoms with E-state index in [0.29, 0.717) is 25.3 Å². The second-order valence-corrected chi connectivity index (χ2v) is 17.6. The first-order chi connectivity index (χ1) is 25.3. The molecule has 1 aromatic rings. The lowest BCUT2D eigenvalue weighted by atomic mass is 9.63. The number of rotatable bonds is 11. The van der Waals surface area contributed by atoms with Gasteiger partial charge in [-0.3, -0.25) is 33.8 Å². The minimum atomic E-state index is -0.997. The molecule has 2 saturated heterocycles. The molecule has 13 heteroatoms. The number of piperidine rings is 1. The molecule has 5 amide bonds. The summed E-state index contributed by atoms with van der Waals surface area (Å²) in [6.07, 6.45) is 16.2. The molecule has 5 fully saturated rings. The van der Waals surface area contributed by atoms with Crippen molar-refractivity contribution < 1.29 is 28.8 Å². The standard InChI is InChI=1S/C40H59N7O6/c1-6-40-18-17-26-22-47(30(28(26)40)36(51)45-32(40)31(48)37(52)43-23(2)24-13-9-7-10-14-24)38(53)33(39(3,4)5)46-35(50)29(25-15-11-8-12-16-25)44-34(49)27-21-41-19-20-42-27/h19-21,23-26,28-30,32-33H,6-18,22H2,1-5H3,(H,43,52)(H,44,49)(H,45,51)(H,46,50)/t23?,26-,28-,29?,30?,32?,33+,40?/m0/s1. The maximum absolute atomic E-state index is 14.7. The van der Waals surface area contributed by atoms with Gasteiger partial charge in [-0.05, 0) is 75.0 Å². The smallest absolute Gasteiger partial charge is 0.289 e. The highest BCUT2D eigenvalue weighted by Gasteiger charge is 2.67. The summed E-state index contributed by atoms with van der Waals surface area (Å²) in [5, 5.41) is 11.9. The summed E-state index contributed by atoms with van der Waals surface area (Å²) in [6.45, 7) is 9.92. The lowest BCUT2D eigenvalue weighted by molar-refractivity contribution is -0.153. The third-order valence-electron chi connectivity index (χ3n) is 13.4. The Bertz CT molecular complexity index is 1550. The second-order valence-electron chi connectivity index (χ2n) is 17.6. The number of aromatic nitrogens is 2. The Hall–Kier alpha value is -3.90. The minimum Gasteiger partial charge on any atom is -0.347 e. The van der Waals surface area contributed by atoms with Crippen LogP contribution in [-0.2, 0) is 24.0 Å². The Morgan fingerprint density at radius 2 is 1.58 bits per heavy atom. The van der Waals surface area contributed by atoms with E-state index in [1.54, 1.807) is 4.90 Å². The molecule has 0 spiro atoms. The summed E-state index contributed by atoms with van der Waals surface area (Å²) in [5.41, 5.74) is -1.31. The first kappa shape index (κ1) is 38.8. The van der Waals surface area contributed by atoms with Crippen LogP contribution in [0.25, 0.3) is 0 Å². The van der Waals surface area contributed by atoms with Crippen LogP contribution >= 0.6 is 0 Å². The molecular formula is C40H59N7O6. The molecule has 1 aromatic heterocycles. The molecule has 13 nitrogen and oxygen atoms in total. The predicted molar refractivity (Wildman–Crippen MR) is 197 cm³/mol. The number of hydrogen-bond donors (Lipinski definition) is 4. The van der Waals surface area contributed by atoms with Crippen LogP contribution in [0.15, 0.2) is 18.6 Å². The summed E-state index contributed by atoms with van der Waals surface area (Å²) in [6, 6.07) is -3.80. The highest BCUT2D eigenvalue weighted by atomic mass is 16.2. The van der Waals surface area contributed by atoms with Crippen molar-refractivity contribution in [3.8, 4) is 0 Å². The Kier molecular flexibility index (Phi) is 11.6. The van der Waals surface area contributed by atoms with Crippen molar-refractivity contribution in [3.63, 3.8) is 0 Å². The number of carbonyl (C=O) groups is 6. The van der Waals surface area contributed by atoms with Gasteiger partial charge in [0.05, 0.1) is 6.20 Å². The minimum absolute atomic E-state index is 0.0212. The maximum Gasteiger partial charge on any atom is 0.289 e. The zero-order valence-corrected chi connectivity index (χ0v) is 32.1. The van der Waals surface area contributed by atoms with Gasteiger partial charge in [0, 0.05) is 36.3 Å². The van der Waals surface area contributed by atoms with E-state index in [1.165, 1.54) is 25.0 Å².